The molecule has 6 N–H and O–H groups in total. The van der Waals surface area contributed by atoms with Crippen molar-refractivity contribution in [1.29, 1.82) is 0 Å². The summed E-state index contributed by atoms with van der Waals surface area (Å²) in [4.78, 5) is 20.8. The molecule has 2 aromatic rings. The zero-order valence-corrected chi connectivity index (χ0v) is 16.7. The van der Waals surface area contributed by atoms with Crippen LogP contribution in [-0.2, 0) is 0 Å². The zero-order valence-electron chi connectivity index (χ0n) is 12.4. The highest BCUT2D eigenvalue weighted by atomic mass is 128. The van der Waals surface area contributed by atoms with Gasteiger partial charge in [-0.25, -0.2) is 9.59 Å². The topological polar surface area (TPSA) is 141 Å². The maximum atomic E-state index is 10.4. The Morgan fingerprint density at radius 1 is 0.875 bits per heavy atom. The second-order valence-corrected chi connectivity index (χ2v) is 4.41. The predicted octanol–water partition coefficient (Wildman–Crippen LogP) is 3.84. The fourth-order valence-corrected chi connectivity index (χ4v) is 1.55. The minimum Gasteiger partial charge on any atom is -0.507 e. The van der Waals surface area contributed by atoms with E-state index in [1.165, 1.54) is 30.3 Å². The maximum absolute atomic E-state index is 10.4. The van der Waals surface area contributed by atoms with Crippen molar-refractivity contribution in [1.82, 2.24) is 0 Å². The first kappa shape index (κ1) is 22.2. The highest BCUT2D eigenvalue weighted by Gasteiger charge is 2.08. The van der Waals surface area contributed by atoms with E-state index >= 15 is 0 Å². The molecule has 9 heteroatoms. The molecule has 0 aliphatic heterocycles. The Morgan fingerprint density at radius 2 is 1.29 bits per heavy atom. The van der Waals surface area contributed by atoms with Crippen molar-refractivity contribution in [3.05, 3.63) is 53.1 Å². The van der Waals surface area contributed by atoms with E-state index in [9.17, 15) is 9.59 Å². The third-order valence-electron chi connectivity index (χ3n) is 2.63. The second-order valence-electron chi connectivity index (χ2n) is 4.41. The van der Waals surface area contributed by atoms with Gasteiger partial charge in [0.2, 0.25) is 0 Å². The molecule has 0 saturated carbocycles. The standard InChI is InChI=1S/C8H8O3.C7H7NO3.I2/c1-5-2-3-7(9)6(4-5)8(10)11;8-4-1-2-6(9)5(3-4)7(10)11;1-2/h2-4,9H,1H3,(H,10,11);1-3,9H,8H2,(H,10,11);. The first-order valence-corrected chi connectivity index (χ1v) is 12.5. The summed E-state index contributed by atoms with van der Waals surface area (Å²) < 4.78 is 0. The Hall–Kier alpha value is -1.76. The van der Waals surface area contributed by atoms with Crippen molar-refractivity contribution in [2.45, 2.75) is 6.92 Å². The quantitative estimate of drug-likeness (QED) is 0.214. The van der Waals surface area contributed by atoms with Crippen LogP contribution in [0.2, 0.25) is 0 Å². The van der Waals surface area contributed by atoms with Crippen LogP contribution in [0.5, 0.6) is 11.5 Å². The number of benzene rings is 2. The number of rotatable bonds is 2. The third-order valence-corrected chi connectivity index (χ3v) is 2.63. The Labute approximate surface area is 161 Å². The summed E-state index contributed by atoms with van der Waals surface area (Å²) in [5.74, 6) is -2.75. The monoisotopic (exact) mass is 559 g/mol. The number of hydrogen-bond acceptors (Lipinski definition) is 5. The molecule has 0 atom stereocenters. The molecule has 0 heterocycles. The molecule has 24 heavy (non-hydrogen) atoms. The molecule has 0 aliphatic carbocycles. The number of nitrogens with two attached hydrogens (primary N) is 1. The van der Waals surface area contributed by atoms with Crippen molar-refractivity contribution in [3.63, 3.8) is 0 Å². The van der Waals surface area contributed by atoms with E-state index in [-0.39, 0.29) is 22.6 Å². The number of aromatic hydroxyl groups is 2. The van der Waals surface area contributed by atoms with Crippen molar-refractivity contribution in [2.75, 3.05) is 5.73 Å². The van der Waals surface area contributed by atoms with Gasteiger partial charge in [0.05, 0.1) is 0 Å². The lowest BCUT2D eigenvalue weighted by Gasteiger charge is -1.98. The number of hydrogen-bond donors (Lipinski definition) is 5. The highest BCUT2D eigenvalue weighted by Crippen LogP contribution is 2.19. The number of nitrogen functional groups attached to an aromatic ring is 1. The summed E-state index contributed by atoms with van der Waals surface area (Å²) in [5.41, 5.74) is 6.20. The summed E-state index contributed by atoms with van der Waals surface area (Å²) in [6.07, 6.45) is 0. The Morgan fingerprint density at radius 3 is 1.67 bits per heavy atom. The molecule has 0 radical (unpaired) electrons. The fourth-order valence-electron chi connectivity index (χ4n) is 1.55. The lowest BCUT2D eigenvalue weighted by atomic mass is 10.1. The Bertz CT molecular complexity index is 660. The summed E-state index contributed by atoms with van der Waals surface area (Å²) >= 11 is 4.24. The van der Waals surface area contributed by atoms with E-state index < -0.39 is 11.9 Å². The first-order valence-electron chi connectivity index (χ1n) is 6.21. The number of aromatic carboxylic acids is 2. The molecule has 0 saturated heterocycles. The van der Waals surface area contributed by atoms with E-state index in [0.717, 1.165) is 5.56 Å². The van der Waals surface area contributed by atoms with E-state index in [1.54, 1.807) is 13.0 Å². The number of anilines is 1. The van der Waals surface area contributed by atoms with Crippen LogP contribution in [0, 0.1) is 6.92 Å². The average Bonchev–Trinajstić information content (AvgIpc) is 2.54. The molecule has 0 unspecified atom stereocenters. The molecule has 0 fully saturated rings. The molecular weight excluding hydrogens is 544 g/mol. The predicted molar refractivity (Wildman–Crippen MR) is 107 cm³/mol. The second kappa shape index (κ2) is 10.9. The number of aryl methyl sites for hydroxylation is 1. The largest absolute Gasteiger partial charge is 0.507 e. The van der Waals surface area contributed by atoms with Crippen LogP contribution in [-0.4, -0.2) is 32.4 Å². The lowest BCUT2D eigenvalue weighted by molar-refractivity contribution is 0.0682. The third kappa shape index (κ3) is 7.21. The molecule has 0 spiro atoms. The fraction of sp³-hybridized carbons (Fsp3) is 0.0667. The van der Waals surface area contributed by atoms with Gasteiger partial charge in [0.1, 0.15) is 22.6 Å². The van der Waals surface area contributed by atoms with E-state index in [0.29, 0.717) is 5.69 Å². The van der Waals surface area contributed by atoms with Gasteiger partial charge in [-0.15, -0.1) is 0 Å². The van der Waals surface area contributed by atoms with Crippen LogP contribution in [0.1, 0.15) is 26.3 Å². The maximum Gasteiger partial charge on any atom is 0.339 e. The van der Waals surface area contributed by atoms with Crippen LogP contribution >= 0.6 is 37.2 Å². The van der Waals surface area contributed by atoms with E-state index in [4.69, 9.17) is 26.2 Å². The molecule has 2 rings (SSSR count). The van der Waals surface area contributed by atoms with Crippen molar-refractivity contribution in [2.24, 2.45) is 0 Å². The van der Waals surface area contributed by atoms with Crippen LogP contribution in [0.15, 0.2) is 36.4 Å². The van der Waals surface area contributed by atoms with Gasteiger partial charge in [0.15, 0.2) is 0 Å². The SMILES string of the molecule is Cc1ccc(O)c(C(=O)O)c1.II.Nc1ccc(O)c(C(=O)O)c1. The first-order chi connectivity index (χ1) is 11.2. The van der Waals surface area contributed by atoms with Crippen LogP contribution in [0.25, 0.3) is 0 Å². The Balaban J connectivity index is 0.000000400. The summed E-state index contributed by atoms with van der Waals surface area (Å²) in [6.45, 7) is 1.77. The van der Waals surface area contributed by atoms with Crippen LogP contribution < -0.4 is 5.73 Å². The smallest absolute Gasteiger partial charge is 0.339 e. The zero-order chi connectivity index (χ0) is 18.9. The highest BCUT2D eigenvalue weighted by molar-refractivity contribution is 15.0. The molecule has 0 amide bonds. The average molecular weight is 559 g/mol. The van der Waals surface area contributed by atoms with Crippen molar-refractivity contribution >= 4 is 54.9 Å². The molecule has 0 aromatic heterocycles. The van der Waals surface area contributed by atoms with Gasteiger partial charge < -0.3 is 26.2 Å². The summed E-state index contributed by atoms with van der Waals surface area (Å²) in [6, 6.07) is 8.34. The number of carboxylic acids is 2. The number of carboxylic acid groups (broad SMARTS) is 2. The molecule has 7 nitrogen and oxygen atoms in total. The van der Waals surface area contributed by atoms with Crippen LogP contribution in [0.3, 0.4) is 0 Å². The minimum absolute atomic E-state index is 0.0509. The van der Waals surface area contributed by atoms with E-state index in [1.807, 2.05) is 0 Å². The number of carbonyl (C=O) groups is 2. The summed E-state index contributed by atoms with van der Waals surface area (Å²) in [7, 11) is 0. The van der Waals surface area contributed by atoms with Crippen molar-refractivity contribution < 1.29 is 30.0 Å². The van der Waals surface area contributed by atoms with Gasteiger partial charge in [0.25, 0.3) is 0 Å². The van der Waals surface area contributed by atoms with Gasteiger partial charge in [-0.2, -0.15) is 0 Å². The lowest BCUT2D eigenvalue weighted by Crippen LogP contribution is -1.97. The van der Waals surface area contributed by atoms with Gasteiger partial charge in [-0.1, -0.05) is 11.6 Å². The molecular formula is C15H15I2NO6. The van der Waals surface area contributed by atoms with Crippen molar-refractivity contribution in [3.8, 4) is 11.5 Å². The van der Waals surface area contributed by atoms with Gasteiger partial charge >= 0.3 is 11.9 Å². The minimum atomic E-state index is -1.19. The number of phenols is 2. The van der Waals surface area contributed by atoms with E-state index in [2.05, 4.69) is 37.2 Å². The molecule has 2 aromatic carbocycles. The Kier molecular flexibility index (Phi) is 10.1. The normalized spacial score (nSPS) is 8.96. The number of halogens is 2. The molecule has 130 valence electrons. The van der Waals surface area contributed by atoms with Gasteiger partial charge in [-0.3, -0.25) is 0 Å². The van der Waals surface area contributed by atoms with Gasteiger partial charge in [0, 0.05) is 42.9 Å². The van der Waals surface area contributed by atoms with Crippen LogP contribution in [0.4, 0.5) is 5.69 Å². The summed E-state index contributed by atoms with van der Waals surface area (Å²) in [5, 5.41) is 35.0. The molecule has 0 bridgehead atoms. The molecule has 0 aliphatic rings. The van der Waals surface area contributed by atoms with Gasteiger partial charge in [-0.05, 0) is 37.3 Å².